The normalized spacial score (nSPS) is 12.2. The minimum atomic E-state index is -0.417. The molecule has 0 radical (unpaired) electrons. The highest BCUT2D eigenvalue weighted by atomic mass is 32.2. The third kappa shape index (κ3) is 5.45. The van der Waals surface area contributed by atoms with Gasteiger partial charge >= 0.3 is 0 Å². The Labute approximate surface area is 149 Å². The monoisotopic (exact) mass is 367 g/mol. The van der Waals surface area contributed by atoms with E-state index in [0.29, 0.717) is 5.75 Å². The van der Waals surface area contributed by atoms with Crippen molar-refractivity contribution in [2.75, 3.05) is 5.75 Å². The summed E-state index contributed by atoms with van der Waals surface area (Å²) in [6.07, 6.45) is 4.48. The molecule has 2 rings (SSSR count). The third-order valence-corrected chi connectivity index (χ3v) is 5.70. The number of nitro groups is 1. The van der Waals surface area contributed by atoms with Crippen LogP contribution in [0.1, 0.15) is 39.5 Å². The number of thioether (sulfide) groups is 1. The number of nitro benzene ring substituents is 1. The highest BCUT2D eigenvalue weighted by molar-refractivity contribution is 8.01. The molecule has 0 bridgehead atoms. The van der Waals surface area contributed by atoms with E-state index < -0.39 is 4.92 Å². The van der Waals surface area contributed by atoms with Crippen molar-refractivity contribution in [3.05, 3.63) is 28.3 Å². The lowest BCUT2D eigenvalue weighted by Crippen LogP contribution is -2.33. The van der Waals surface area contributed by atoms with Crippen LogP contribution in [0.4, 0.5) is 5.69 Å². The van der Waals surface area contributed by atoms with Gasteiger partial charge in [-0.05, 0) is 19.4 Å². The van der Waals surface area contributed by atoms with Crippen LogP contribution < -0.4 is 5.32 Å². The van der Waals surface area contributed by atoms with Crippen molar-refractivity contribution < 1.29 is 9.72 Å². The largest absolute Gasteiger partial charge is 0.353 e. The zero-order valence-corrected chi connectivity index (χ0v) is 15.4. The number of benzene rings is 1. The lowest BCUT2D eigenvalue weighted by molar-refractivity contribution is -0.384. The number of carbonyl (C=O) groups is 1. The van der Waals surface area contributed by atoms with Gasteiger partial charge in [-0.1, -0.05) is 37.9 Å². The van der Waals surface area contributed by atoms with E-state index in [4.69, 9.17) is 0 Å². The molecule has 0 unspecified atom stereocenters. The summed E-state index contributed by atoms with van der Waals surface area (Å²) in [6, 6.07) is 4.79. The van der Waals surface area contributed by atoms with Crippen LogP contribution in [0.2, 0.25) is 0 Å². The van der Waals surface area contributed by atoms with Crippen LogP contribution in [0.5, 0.6) is 0 Å². The number of thiazole rings is 1. The minimum Gasteiger partial charge on any atom is -0.353 e. The first-order valence-electron chi connectivity index (χ1n) is 7.96. The van der Waals surface area contributed by atoms with Gasteiger partial charge in [0, 0.05) is 18.2 Å². The summed E-state index contributed by atoms with van der Waals surface area (Å²) >= 11 is 2.74. The number of nitrogens with zero attached hydrogens (tertiary/aromatic N) is 2. The molecule has 0 aliphatic rings. The van der Waals surface area contributed by atoms with E-state index in [0.717, 1.165) is 27.4 Å². The van der Waals surface area contributed by atoms with E-state index >= 15 is 0 Å². The maximum atomic E-state index is 12.0. The summed E-state index contributed by atoms with van der Waals surface area (Å²) in [4.78, 5) is 26.8. The second-order valence-electron chi connectivity index (χ2n) is 5.64. The van der Waals surface area contributed by atoms with Gasteiger partial charge in [-0.3, -0.25) is 14.9 Å². The number of hydrogen-bond acceptors (Lipinski definition) is 6. The van der Waals surface area contributed by atoms with Crippen molar-refractivity contribution >= 4 is 44.9 Å². The van der Waals surface area contributed by atoms with Gasteiger partial charge in [0.15, 0.2) is 4.34 Å². The molecule has 8 heteroatoms. The van der Waals surface area contributed by atoms with Crippen molar-refractivity contribution in [1.29, 1.82) is 0 Å². The first kappa shape index (κ1) is 18.7. The molecule has 0 saturated heterocycles. The van der Waals surface area contributed by atoms with Gasteiger partial charge in [0.25, 0.3) is 5.69 Å². The van der Waals surface area contributed by atoms with Gasteiger partial charge in [-0.15, -0.1) is 11.3 Å². The van der Waals surface area contributed by atoms with Crippen molar-refractivity contribution in [3.8, 4) is 0 Å². The molecule has 0 saturated carbocycles. The molecule has 6 nitrogen and oxygen atoms in total. The van der Waals surface area contributed by atoms with Gasteiger partial charge in [-0.2, -0.15) is 0 Å². The number of rotatable bonds is 9. The SMILES string of the molecule is CCCCC[C@@H](C)NC(=O)CSc1nc2ccc([N+](=O)[O-])cc2s1. The molecule has 1 heterocycles. The zero-order valence-electron chi connectivity index (χ0n) is 13.8. The second kappa shape index (κ2) is 8.98. The quantitative estimate of drug-likeness (QED) is 0.308. The van der Waals surface area contributed by atoms with E-state index in [1.54, 1.807) is 6.07 Å². The Kier molecular flexibility index (Phi) is 6.99. The van der Waals surface area contributed by atoms with Crippen molar-refractivity contribution in [1.82, 2.24) is 10.3 Å². The van der Waals surface area contributed by atoms with Crippen LogP contribution in [-0.4, -0.2) is 27.6 Å². The molecule has 1 atom stereocenters. The van der Waals surface area contributed by atoms with Gasteiger partial charge in [0.2, 0.25) is 5.91 Å². The minimum absolute atomic E-state index is 0.00534. The molecule has 0 fully saturated rings. The third-order valence-electron chi connectivity index (χ3n) is 3.54. The molecule has 1 N–H and O–H groups in total. The number of unbranched alkanes of at least 4 members (excludes halogenated alkanes) is 2. The van der Waals surface area contributed by atoms with Crippen molar-refractivity contribution in [3.63, 3.8) is 0 Å². The first-order valence-corrected chi connectivity index (χ1v) is 9.77. The van der Waals surface area contributed by atoms with Crippen LogP contribution in [0.15, 0.2) is 22.5 Å². The summed E-state index contributed by atoms with van der Waals surface area (Å²) in [5, 5.41) is 13.8. The fourth-order valence-corrected chi connectivity index (χ4v) is 4.20. The Morgan fingerprint density at radius 2 is 2.25 bits per heavy atom. The molecule has 0 spiro atoms. The smallest absolute Gasteiger partial charge is 0.270 e. The molecule has 24 heavy (non-hydrogen) atoms. The van der Waals surface area contributed by atoms with Gasteiger partial charge < -0.3 is 5.32 Å². The Morgan fingerprint density at radius 1 is 1.46 bits per heavy atom. The number of carbonyl (C=O) groups excluding carboxylic acids is 1. The predicted octanol–water partition coefficient (Wildman–Crippen LogP) is 4.38. The van der Waals surface area contributed by atoms with E-state index in [-0.39, 0.29) is 17.6 Å². The Balaban J connectivity index is 1.86. The predicted molar refractivity (Wildman–Crippen MR) is 98.7 cm³/mol. The summed E-state index contributed by atoms with van der Waals surface area (Å²) < 4.78 is 1.51. The topological polar surface area (TPSA) is 85.1 Å². The number of fused-ring (bicyclic) bond motifs is 1. The summed E-state index contributed by atoms with van der Waals surface area (Å²) in [7, 11) is 0. The molecule has 130 valence electrons. The Morgan fingerprint density at radius 3 is 2.96 bits per heavy atom. The summed E-state index contributed by atoms with van der Waals surface area (Å²) in [5.41, 5.74) is 0.780. The van der Waals surface area contributed by atoms with Crippen LogP contribution in [0.25, 0.3) is 10.2 Å². The molecule has 2 aromatic rings. The molecule has 1 aromatic heterocycles. The highest BCUT2D eigenvalue weighted by Gasteiger charge is 2.12. The Hall–Kier alpha value is -1.67. The van der Waals surface area contributed by atoms with E-state index in [9.17, 15) is 14.9 Å². The molecule has 0 aliphatic heterocycles. The van der Waals surface area contributed by atoms with E-state index in [1.165, 1.54) is 48.1 Å². The summed E-state index contributed by atoms with van der Waals surface area (Å²) in [5.74, 6) is 0.300. The average Bonchev–Trinajstić information content (AvgIpc) is 2.95. The van der Waals surface area contributed by atoms with E-state index in [1.807, 2.05) is 6.92 Å². The van der Waals surface area contributed by atoms with Crippen LogP contribution in [0.3, 0.4) is 0 Å². The average molecular weight is 367 g/mol. The van der Waals surface area contributed by atoms with Gasteiger partial charge in [-0.25, -0.2) is 4.98 Å². The maximum absolute atomic E-state index is 12.0. The van der Waals surface area contributed by atoms with Crippen LogP contribution in [-0.2, 0) is 4.79 Å². The van der Waals surface area contributed by atoms with Crippen molar-refractivity contribution in [2.24, 2.45) is 0 Å². The number of nitrogens with one attached hydrogen (secondary N) is 1. The second-order valence-corrected chi connectivity index (χ2v) is 7.90. The molecule has 1 amide bonds. The zero-order chi connectivity index (χ0) is 17.5. The van der Waals surface area contributed by atoms with Crippen molar-refractivity contribution in [2.45, 2.75) is 49.9 Å². The fraction of sp³-hybridized carbons (Fsp3) is 0.500. The molecular weight excluding hydrogens is 346 g/mol. The fourth-order valence-electron chi connectivity index (χ4n) is 2.28. The van der Waals surface area contributed by atoms with E-state index in [2.05, 4.69) is 17.2 Å². The standard InChI is InChI=1S/C16H21N3O3S2/c1-3-4-5-6-11(2)17-15(20)10-23-16-18-13-8-7-12(19(21)22)9-14(13)24-16/h7-9,11H,3-6,10H2,1-2H3,(H,17,20)/t11-/m1/s1. The van der Waals surface area contributed by atoms with Gasteiger partial charge in [0.05, 0.1) is 20.9 Å². The lowest BCUT2D eigenvalue weighted by Gasteiger charge is -2.12. The lowest BCUT2D eigenvalue weighted by atomic mass is 10.1. The number of aromatic nitrogens is 1. The molecular formula is C16H21N3O3S2. The first-order chi connectivity index (χ1) is 11.5. The van der Waals surface area contributed by atoms with Gasteiger partial charge in [0.1, 0.15) is 0 Å². The summed E-state index contributed by atoms with van der Waals surface area (Å²) in [6.45, 7) is 4.18. The maximum Gasteiger partial charge on any atom is 0.270 e. The molecule has 0 aliphatic carbocycles. The van der Waals surface area contributed by atoms with Crippen LogP contribution >= 0.6 is 23.1 Å². The molecule has 1 aromatic carbocycles. The highest BCUT2D eigenvalue weighted by Crippen LogP contribution is 2.31. The number of amides is 1. The van der Waals surface area contributed by atoms with Crippen LogP contribution in [0, 0.1) is 10.1 Å². The Bertz CT molecular complexity index is 718. The number of non-ortho nitro benzene ring substituents is 1. The number of hydrogen-bond donors (Lipinski definition) is 1.